The summed E-state index contributed by atoms with van der Waals surface area (Å²) >= 11 is 5.75. The third kappa shape index (κ3) is 4.20. The molecule has 7 nitrogen and oxygen atoms in total. The maximum Gasteiger partial charge on any atom is 0.290 e. The smallest absolute Gasteiger partial charge is 0.290 e. The monoisotopic (exact) mass is 361 g/mol. The Hall–Kier alpha value is -1.22. The van der Waals surface area contributed by atoms with E-state index in [4.69, 9.17) is 11.6 Å². The van der Waals surface area contributed by atoms with Gasteiger partial charge in [0.05, 0.1) is 4.92 Å². The summed E-state index contributed by atoms with van der Waals surface area (Å²) in [5.41, 5.74) is -0.477. The minimum absolute atomic E-state index is 0.140. The molecule has 2 rings (SSSR count). The molecule has 1 aliphatic rings. The fraction of sp³-hybridized carbons (Fsp3) is 0.571. The maximum absolute atomic E-state index is 12.7. The molecule has 9 heteroatoms. The Morgan fingerprint density at radius 3 is 2.61 bits per heavy atom. The van der Waals surface area contributed by atoms with Crippen molar-refractivity contribution in [3.05, 3.63) is 33.3 Å². The standard InChI is InChI=1S/C14H20ClN3O4S/c1-16-7-4-11-5-8-17(9-6-11)23(21,22)14-3-2-12(15)10-13(14)18(19)20/h2-3,10-11,16H,4-9H2,1H3. The molecule has 1 N–H and O–H groups in total. The van der Waals surface area contributed by atoms with Crippen LogP contribution in [0.2, 0.25) is 5.02 Å². The first-order chi connectivity index (χ1) is 10.9. The van der Waals surface area contributed by atoms with E-state index in [0.29, 0.717) is 19.0 Å². The largest absolute Gasteiger partial charge is 0.320 e. The Balaban J connectivity index is 2.19. The van der Waals surface area contributed by atoms with Gasteiger partial charge in [-0.15, -0.1) is 0 Å². The van der Waals surface area contributed by atoms with Gasteiger partial charge < -0.3 is 5.32 Å². The lowest BCUT2D eigenvalue weighted by Crippen LogP contribution is -2.39. The van der Waals surface area contributed by atoms with E-state index in [9.17, 15) is 18.5 Å². The van der Waals surface area contributed by atoms with Crippen LogP contribution in [0.4, 0.5) is 5.69 Å². The highest BCUT2D eigenvalue weighted by atomic mass is 35.5. The predicted molar refractivity (Wildman–Crippen MR) is 88.1 cm³/mol. The van der Waals surface area contributed by atoms with E-state index in [0.717, 1.165) is 31.9 Å². The highest BCUT2D eigenvalue weighted by molar-refractivity contribution is 7.89. The molecular formula is C14H20ClN3O4S. The minimum Gasteiger partial charge on any atom is -0.320 e. The van der Waals surface area contributed by atoms with Crippen molar-refractivity contribution >= 4 is 27.3 Å². The molecule has 0 radical (unpaired) electrons. The summed E-state index contributed by atoms with van der Waals surface area (Å²) in [6, 6.07) is 3.65. The summed E-state index contributed by atoms with van der Waals surface area (Å²) < 4.78 is 26.8. The lowest BCUT2D eigenvalue weighted by atomic mass is 9.95. The van der Waals surface area contributed by atoms with E-state index in [-0.39, 0.29) is 9.92 Å². The Labute approximate surface area is 140 Å². The van der Waals surface area contributed by atoms with Gasteiger partial charge in [0.15, 0.2) is 4.90 Å². The van der Waals surface area contributed by atoms with E-state index >= 15 is 0 Å². The van der Waals surface area contributed by atoms with Crippen LogP contribution in [0, 0.1) is 16.0 Å². The van der Waals surface area contributed by atoms with Crippen molar-refractivity contribution in [3.8, 4) is 0 Å². The summed E-state index contributed by atoms with van der Waals surface area (Å²) in [5, 5.41) is 14.4. The number of benzene rings is 1. The van der Waals surface area contributed by atoms with Crippen LogP contribution in [0.5, 0.6) is 0 Å². The number of nitrogens with zero attached hydrogens (tertiary/aromatic N) is 2. The van der Waals surface area contributed by atoms with Gasteiger partial charge in [0.1, 0.15) is 0 Å². The molecule has 0 unspecified atom stereocenters. The minimum atomic E-state index is -3.88. The maximum atomic E-state index is 12.7. The highest BCUT2D eigenvalue weighted by Gasteiger charge is 2.34. The third-order valence-electron chi connectivity index (χ3n) is 4.11. The van der Waals surface area contributed by atoms with Crippen molar-refractivity contribution in [2.75, 3.05) is 26.7 Å². The second-order valence-electron chi connectivity index (χ2n) is 5.61. The summed E-state index contributed by atoms with van der Waals surface area (Å²) in [6.07, 6.45) is 2.54. The molecule has 0 bridgehead atoms. The molecule has 0 saturated carbocycles. The van der Waals surface area contributed by atoms with Gasteiger partial charge in [-0.3, -0.25) is 10.1 Å². The summed E-state index contributed by atoms with van der Waals surface area (Å²) in [7, 11) is -1.99. The number of nitrogens with one attached hydrogen (secondary N) is 1. The van der Waals surface area contributed by atoms with E-state index in [2.05, 4.69) is 5.32 Å². The molecule has 0 aliphatic carbocycles. The van der Waals surface area contributed by atoms with E-state index in [1.54, 1.807) is 0 Å². The van der Waals surface area contributed by atoms with Crippen LogP contribution in [0.25, 0.3) is 0 Å². The highest BCUT2D eigenvalue weighted by Crippen LogP contribution is 2.32. The first-order valence-electron chi connectivity index (χ1n) is 7.45. The van der Waals surface area contributed by atoms with Gasteiger partial charge in [-0.2, -0.15) is 4.31 Å². The molecule has 1 aromatic carbocycles. The van der Waals surface area contributed by atoms with Crippen molar-refractivity contribution in [1.82, 2.24) is 9.62 Å². The Bertz CT molecular complexity index is 673. The molecule has 1 aliphatic heterocycles. The summed E-state index contributed by atoms with van der Waals surface area (Å²) in [5.74, 6) is 0.481. The van der Waals surface area contributed by atoms with Gasteiger partial charge in [0.25, 0.3) is 5.69 Å². The first-order valence-corrected chi connectivity index (χ1v) is 9.26. The van der Waals surface area contributed by atoms with Crippen molar-refractivity contribution in [1.29, 1.82) is 0 Å². The molecule has 1 fully saturated rings. The van der Waals surface area contributed by atoms with Crippen molar-refractivity contribution in [3.63, 3.8) is 0 Å². The van der Waals surface area contributed by atoms with Crippen LogP contribution in [-0.2, 0) is 10.0 Å². The quantitative estimate of drug-likeness (QED) is 0.619. The molecule has 0 aromatic heterocycles. The Kier molecular flexibility index (Phi) is 5.96. The van der Waals surface area contributed by atoms with Crippen molar-refractivity contribution in [2.45, 2.75) is 24.2 Å². The molecule has 1 aromatic rings. The molecular weight excluding hydrogens is 342 g/mol. The lowest BCUT2D eigenvalue weighted by Gasteiger charge is -2.31. The number of halogens is 1. The molecule has 23 heavy (non-hydrogen) atoms. The third-order valence-corrected chi connectivity index (χ3v) is 6.29. The fourth-order valence-electron chi connectivity index (χ4n) is 2.78. The van der Waals surface area contributed by atoms with Crippen molar-refractivity contribution < 1.29 is 13.3 Å². The van der Waals surface area contributed by atoms with Gasteiger partial charge >= 0.3 is 0 Å². The van der Waals surface area contributed by atoms with Crippen LogP contribution < -0.4 is 5.32 Å². The van der Waals surface area contributed by atoms with Crippen LogP contribution in [0.15, 0.2) is 23.1 Å². The van der Waals surface area contributed by atoms with Crippen molar-refractivity contribution in [2.24, 2.45) is 5.92 Å². The predicted octanol–water partition coefficient (Wildman–Crippen LogP) is 2.26. The zero-order valence-electron chi connectivity index (χ0n) is 12.9. The number of rotatable bonds is 6. The van der Waals surface area contributed by atoms with Crippen LogP contribution in [0.1, 0.15) is 19.3 Å². The normalized spacial score (nSPS) is 17.3. The van der Waals surface area contributed by atoms with Gasteiger partial charge in [-0.1, -0.05) is 11.6 Å². The average molecular weight is 362 g/mol. The molecule has 1 saturated heterocycles. The first kappa shape index (κ1) is 18.1. The molecule has 128 valence electrons. The molecule has 0 atom stereocenters. The number of sulfonamides is 1. The van der Waals surface area contributed by atoms with E-state index < -0.39 is 20.6 Å². The second-order valence-corrected chi connectivity index (χ2v) is 7.95. The Morgan fingerprint density at radius 2 is 2.04 bits per heavy atom. The average Bonchev–Trinajstić information content (AvgIpc) is 2.53. The van der Waals surface area contributed by atoms with Crippen LogP contribution in [-0.4, -0.2) is 44.3 Å². The van der Waals surface area contributed by atoms with E-state index in [1.165, 1.54) is 16.4 Å². The molecule has 0 amide bonds. The topological polar surface area (TPSA) is 92.6 Å². The van der Waals surface area contributed by atoms with Crippen LogP contribution in [0.3, 0.4) is 0 Å². The van der Waals surface area contributed by atoms with Gasteiger partial charge in [0, 0.05) is 24.2 Å². The molecule has 0 spiro atoms. The van der Waals surface area contributed by atoms with Gasteiger partial charge in [-0.25, -0.2) is 8.42 Å². The van der Waals surface area contributed by atoms with E-state index in [1.807, 2.05) is 7.05 Å². The lowest BCUT2D eigenvalue weighted by molar-refractivity contribution is -0.387. The SMILES string of the molecule is CNCCC1CCN(S(=O)(=O)c2ccc(Cl)cc2[N+](=O)[O-])CC1. The number of hydrogen-bond donors (Lipinski definition) is 1. The zero-order valence-corrected chi connectivity index (χ0v) is 14.4. The second kappa shape index (κ2) is 7.57. The Morgan fingerprint density at radius 1 is 1.39 bits per heavy atom. The van der Waals surface area contributed by atoms with Gasteiger partial charge in [0.2, 0.25) is 10.0 Å². The van der Waals surface area contributed by atoms with Crippen LogP contribution >= 0.6 is 11.6 Å². The number of hydrogen-bond acceptors (Lipinski definition) is 5. The number of piperidine rings is 1. The van der Waals surface area contributed by atoms with Gasteiger partial charge in [-0.05, 0) is 50.9 Å². The fourth-order valence-corrected chi connectivity index (χ4v) is 4.55. The number of nitro groups is 1. The number of nitro benzene ring substituents is 1. The zero-order chi connectivity index (χ0) is 17.0. The summed E-state index contributed by atoms with van der Waals surface area (Å²) in [6.45, 7) is 1.67. The molecule has 1 heterocycles. The summed E-state index contributed by atoms with van der Waals surface area (Å²) in [4.78, 5) is 10.1.